The van der Waals surface area contributed by atoms with Crippen LogP contribution >= 0.6 is 0 Å². The normalized spacial score (nSPS) is 41.3. The van der Waals surface area contributed by atoms with Crippen LogP contribution in [0.2, 0.25) is 0 Å². The fourth-order valence-corrected chi connectivity index (χ4v) is 8.46. The van der Waals surface area contributed by atoms with Crippen molar-refractivity contribution in [1.82, 2.24) is 10.2 Å². The lowest BCUT2D eigenvalue weighted by molar-refractivity contribution is -0.146. The van der Waals surface area contributed by atoms with Crippen LogP contribution in [-0.2, 0) is 19.1 Å². The SMILES string of the molecule is COc1ccc(NC(=O)[C@@H]2[C@@H]3C=C[C@]4(O3)[C@@H]2C(=O)N([C@@H]2CCC[C@@H](C)[C@@H]2C)[C@H]4C(=O)N[C@@H]2CCC[C@H](C)[C@@H]2C)cc1. The van der Waals surface area contributed by atoms with Crippen LogP contribution in [0.3, 0.4) is 0 Å². The van der Waals surface area contributed by atoms with Gasteiger partial charge in [-0.25, -0.2) is 0 Å². The smallest absolute Gasteiger partial charge is 0.246 e. The van der Waals surface area contributed by atoms with E-state index < -0.39 is 29.6 Å². The predicted octanol–water partition coefficient (Wildman–Crippen LogP) is 4.55. The summed E-state index contributed by atoms with van der Waals surface area (Å²) >= 11 is 0. The molecule has 3 amide bonds. The van der Waals surface area contributed by atoms with E-state index in [0.717, 1.165) is 32.1 Å². The van der Waals surface area contributed by atoms with E-state index in [1.54, 1.807) is 31.4 Å². The first-order valence-corrected chi connectivity index (χ1v) is 15.6. The maximum absolute atomic E-state index is 14.5. The van der Waals surface area contributed by atoms with Gasteiger partial charge in [-0.3, -0.25) is 14.4 Å². The third kappa shape index (κ3) is 4.57. The van der Waals surface area contributed by atoms with Gasteiger partial charge in [0.1, 0.15) is 17.4 Å². The first-order chi connectivity index (χ1) is 19.7. The molecule has 8 heteroatoms. The molecule has 5 aliphatic rings. The zero-order chi connectivity index (χ0) is 29.1. The number of anilines is 1. The molecule has 4 fully saturated rings. The third-order valence-electron chi connectivity index (χ3n) is 11.3. The van der Waals surface area contributed by atoms with Crippen LogP contribution in [0.15, 0.2) is 36.4 Å². The number of methoxy groups -OCH3 is 1. The Balaban J connectivity index is 1.33. The molecule has 6 rings (SSSR count). The molecule has 0 radical (unpaired) electrons. The fraction of sp³-hybridized carbons (Fsp3) is 0.667. The standard InChI is InChI=1S/C33H45N3O5/c1-18-8-6-10-24(20(18)3)35-31(38)29-33-17-16-26(41-33)27(30(37)34-22-12-14-23(40-5)15-13-22)28(33)32(39)36(29)25-11-7-9-19(2)21(25)4/h12-21,24-29H,6-11H2,1-5H3,(H,34,37)(H,35,38)/t18-,19+,20-,21-,24+,25+,26-,27+,28-,29-,33-/m0/s1. The summed E-state index contributed by atoms with van der Waals surface area (Å²) in [7, 11) is 1.60. The van der Waals surface area contributed by atoms with Gasteiger partial charge in [0.15, 0.2) is 0 Å². The molecule has 2 aliphatic carbocycles. The molecule has 1 spiro atoms. The minimum absolute atomic E-state index is 0.0639. The zero-order valence-electron chi connectivity index (χ0n) is 25.0. The number of likely N-dealkylation sites (tertiary alicyclic amines) is 1. The number of hydrogen-bond donors (Lipinski definition) is 2. The van der Waals surface area contributed by atoms with Crippen LogP contribution in [-0.4, -0.2) is 59.6 Å². The molecule has 11 atom stereocenters. The van der Waals surface area contributed by atoms with Crippen molar-refractivity contribution in [2.75, 3.05) is 12.4 Å². The van der Waals surface area contributed by atoms with Crippen molar-refractivity contribution < 1.29 is 23.9 Å². The summed E-state index contributed by atoms with van der Waals surface area (Å²) in [4.78, 5) is 44.6. The molecule has 2 N–H and O–H groups in total. The van der Waals surface area contributed by atoms with Crippen molar-refractivity contribution in [2.45, 2.75) is 96.1 Å². The van der Waals surface area contributed by atoms with Crippen molar-refractivity contribution >= 4 is 23.4 Å². The molecule has 222 valence electrons. The van der Waals surface area contributed by atoms with Crippen molar-refractivity contribution in [2.24, 2.45) is 35.5 Å². The fourth-order valence-electron chi connectivity index (χ4n) is 8.46. The van der Waals surface area contributed by atoms with Gasteiger partial charge in [-0.1, -0.05) is 65.5 Å². The maximum atomic E-state index is 14.5. The van der Waals surface area contributed by atoms with Gasteiger partial charge in [0, 0.05) is 17.8 Å². The number of benzene rings is 1. The quantitative estimate of drug-likeness (QED) is 0.495. The van der Waals surface area contributed by atoms with E-state index in [-0.39, 0.29) is 35.7 Å². The number of carbonyl (C=O) groups is 3. The van der Waals surface area contributed by atoms with Gasteiger partial charge in [0.2, 0.25) is 17.7 Å². The molecule has 41 heavy (non-hydrogen) atoms. The first-order valence-electron chi connectivity index (χ1n) is 15.6. The molecular formula is C33H45N3O5. The number of fused-ring (bicyclic) bond motifs is 1. The molecule has 2 saturated carbocycles. The second-order valence-corrected chi connectivity index (χ2v) is 13.4. The van der Waals surface area contributed by atoms with E-state index in [1.165, 1.54) is 6.42 Å². The number of ether oxygens (including phenoxy) is 2. The summed E-state index contributed by atoms with van der Waals surface area (Å²) in [5.74, 6) is 0.320. The minimum atomic E-state index is -1.14. The molecule has 0 aromatic heterocycles. The summed E-state index contributed by atoms with van der Waals surface area (Å²) in [5.41, 5.74) is -0.513. The summed E-state index contributed by atoms with van der Waals surface area (Å²) in [6.45, 7) is 8.92. The largest absolute Gasteiger partial charge is 0.497 e. The highest BCUT2D eigenvalue weighted by Gasteiger charge is 2.73. The highest BCUT2D eigenvalue weighted by atomic mass is 16.5. The maximum Gasteiger partial charge on any atom is 0.246 e. The molecule has 1 aromatic rings. The molecule has 3 heterocycles. The number of nitrogens with zero attached hydrogens (tertiary/aromatic N) is 1. The van der Waals surface area contributed by atoms with Crippen LogP contribution < -0.4 is 15.4 Å². The lowest BCUT2D eigenvalue weighted by atomic mass is 9.73. The summed E-state index contributed by atoms with van der Waals surface area (Å²) in [6, 6.07) is 6.36. The topological polar surface area (TPSA) is 97.0 Å². The molecule has 2 saturated heterocycles. The highest BCUT2D eigenvalue weighted by Crippen LogP contribution is 2.57. The molecule has 2 bridgehead atoms. The Morgan fingerprint density at radius 1 is 0.951 bits per heavy atom. The average Bonchev–Trinajstić information content (AvgIpc) is 3.60. The van der Waals surface area contributed by atoms with Crippen LogP contribution in [0, 0.1) is 35.5 Å². The highest BCUT2D eigenvalue weighted by molar-refractivity contribution is 6.03. The number of hydrogen-bond acceptors (Lipinski definition) is 5. The summed E-state index contributed by atoms with van der Waals surface area (Å²) in [6.07, 6.45) is 9.46. The number of nitrogens with one attached hydrogen (secondary N) is 2. The van der Waals surface area contributed by atoms with Crippen LogP contribution in [0.1, 0.15) is 66.2 Å². The molecule has 1 aromatic carbocycles. The molecular weight excluding hydrogens is 518 g/mol. The van der Waals surface area contributed by atoms with E-state index in [1.807, 2.05) is 17.1 Å². The average molecular weight is 564 g/mol. The number of amides is 3. The van der Waals surface area contributed by atoms with Crippen molar-refractivity contribution in [3.05, 3.63) is 36.4 Å². The second-order valence-electron chi connectivity index (χ2n) is 13.4. The minimum Gasteiger partial charge on any atom is -0.497 e. The molecule has 8 nitrogen and oxygen atoms in total. The van der Waals surface area contributed by atoms with Crippen LogP contribution in [0.5, 0.6) is 5.75 Å². The van der Waals surface area contributed by atoms with Gasteiger partial charge in [0.05, 0.1) is 25.0 Å². The van der Waals surface area contributed by atoms with Crippen molar-refractivity contribution in [1.29, 1.82) is 0 Å². The summed E-state index contributed by atoms with van der Waals surface area (Å²) < 4.78 is 11.8. The first kappa shape index (κ1) is 28.3. The van der Waals surface area contributed by atoms with E-state index in [0.29, 0.717) is 29.2 Å². The third-order valence-corrected chi connectivity index (χ3v) is 11.3. The zero-order valence-corrected chi connectivity index (χ0v) is 25.0. The number of carbonyl (C=O) groups excluding carboxylic acids is 3. The van der Waals surface area contributed by atoms with Gasteiger partial charge in [-0.05, 0) is 60.8 Å². The van der Waals surface area contributed by atoms with Gasteiger partial charge in [-0.2, -0.15) is 0 Å². The Kier molecular flexibility index (Phi) is 7.41. The van der Waals surface area contributed by atoms with Gasteiger partial charge >= 0.3 is 0 Å². The van der Waals surface area contributed by atoms with E-state index in [4.69, 9.17) is 9.47 Å². The van der Waals surface area contributed by atoms with E-state index >= 15 is 0 Å². The Bertz CT molecular complexity index is 1220. The van der Waals surface area contributed by atoms with Crippen molar-refractivity contribution in [3.63, 3.8) is 0 Å². The predicted molar refractivity (Wildman–Crippen MR) is 156 cm³/mol. The summed E-state index contributed by atoms with van der Waals surface area (Å²) in [5, 5.41) is 6.38. The Hall–Kier alpha value is -2.87. The molecule has 3 aliphatic heterocycles. The van der Waals surface area contributed by atoms with Crippen LogP contribution in [0.4, 0.5) is 5.69 Å². The van der Waals surface area contributed by atoms with E-state index in [9.17, 15) is 14.4 Å². The van der Waals surface area contributed by atoms with Gasteiger partial charge in [0.25, 0.3) is 0 Å². The number of rotatable bonds is 6. The Morgan fingerprint density at radius 3 is 2.34 bits per heavy atom. The lowest BCUT2D eigenvalue weighted by Gasteiger charge is -2.44. The lowest BCUT2D eigenvalue weighted by Crippen LogP contribution is -2.61. The van der Waals surface area contributed by atoms with Gasteiger partial charge < -0.3 is 25.0 Å². The van der Waals surface area contributed by atoms with E-state index in [2.05, 4.69) is 38.3 Å². The Labute approximate surface area is 243 Å². The van der Waals surface area contributed by atoms with Crippen molar-refractivity contribution in [3.8, 4) is 5.75 Å². The van der Waals surface area contributed by atoms with Gasteiger partial charge in [-0.15, -0.1) is 0 Å². The van der Waals surface area contributed by atoms with Crippen LogP contribution in [0.25, 0.3) is 0 Å². The second kappa shape index (κ2) is 10.8. The Morgan fingerprint density at radius 2 is 1.63 bits per heavy atom. The molecule has 0 unspecified atom stereocenters. The monoisotopic (exact) mass is 563 g/mol.